The second-order valence-electron chi connectivity index (χ2n) is 6.56. The van der Waals surface area contributed by atoms with Gasteiger partial charge in [-0.05, 0) is 69.5 Å². The third-order valence-corrected chi connectivity index (χ3v) is 4.43. The molecule has 1 N–H and O–H groups in total. The van der Waals surface area contributed by atoms with Gasteiger partial charge in [0.25, 0.3) is 0 Å². The normalized spacial score (nSPS) is 36.0. The van der Waals surface area contributed by atoms with Gasteiger partial charge in [0.05, 0.1) is 0 Å². The lowest BCUT2D eigenvalue weighted by Gasteiger charge is -2.35. The molecule has 0 saturated carbocycles. The van der Waals surface area contributed by atoms with Crippen LogP contribution in [0.3, 0.4) is 0 Å². The molecule has 3 unspecified atom stereocenters. The van der Waals surface area contributed by atoms with Crippen molar-refractivity contribution in [1.82, 2.24) is 10.2 Å². The number of likely N-dealkylation sites (tertiary alicyclic amines) is 1. The zero-order chi connectivity index (χ0) is 12.1. The molecule has 2 heteroatoms. The third-order valence-electron chi connectivity index (χ3n) is 4.43. The van der Waals surface area contributed by atoms with Crippen molar-refractivity contribution in [3.63, 3.8) is 0 Å². The van der Waals surface area contributed by atoms with Crippen molar-refractivity contribution in [2.24, 2.45) is 17.8 Å². The molecule has 0 aromatic carbocycles. The van der Waals surface area contributed by atoms with Gasteiger partial charge in [-0.25, -0.2) is 0 Å². The summed E-state index contributed by atoms with van der Waals surface area (Å²) < 4.78 is 0. The number of hydrogen-bond acceptors (Lipinski definition) is 2. The average molecular weight is 238 g/mol. The fourth-order valence-corrected chi connectivity index (χ4v) is 3.75. The van der Waals surface area contributed by atoms with Crippen LogP contribution in [-0.2, 0) is 0 Å². The predicted octanol–water partition coefficient (Wildman–Crippen LogP) is 2.74. The van der Waals surface area contributed by atoms with E-state index in [-0.39, 0.29) is 0 Å². The highest BCUT2D eigenvalue weighted by Gasteiger charge is 2.21. The van der Waals surface area contributed by atoms with Gasteiger partial charge in [-0.2, -0.15) is 0 Å². The van der Waals surface area contributed by atoms with E-state index in [1.54, 1.807) is 0 Å². The molecule has 3 atom stereocenters. The maximum absolute atomic E-state index is 3.52. The van der Waals surface area contributed by atoms with Crippen LogP contribution < -0.4 is 5.32 Å². The molecule has 0 aromatic heterocycles. The molecule has 0 amide bonds. The minimum Gasteiger partial charge on any atom is -0.316 e. The van der Waals surface area contributed by atoms with Gasteiger partial charge in [-0.1, -0.05) is 13.8 Å². The van der Waals surface area contributed by atoms with Gasteiger partial charge < -0.3 is 10.2 Å². The zero-order valence-electron chi connectivity index (χ0n) is 11.8. The summed E-state index contributed by atoms with van der Waals surface area (Å²) in [6.45, 7) is 11.4. The van der Waals surface area contributed by atoms with Crippen LogP contribution in [0.1, 0.15) is 46.0 Å². The first kappa shape index (κ1) is 13.4. The molecule has 2 rings (SSSR count). The van der Waals surface area contributed by atoms with Crippen LogP contribution in [-0.4, -0.2) is 37.6 Å². The number of nitrogens with zero attached hydrogens (tertiary/aromatic N) is 1. The average Bonchev–Trinajstić information content (AvgIpc) is 2.29. The molecule has 2 aliphatic heterocycles. The Morgan fingerprint density at radius 3 is 2.59 bits per heavy atom. The molecule has 2 saturated heterocycles. The summed E-state index contributed by atoms with van der Waals surface area (Å²) in [4.78, 5) is 2.70. The summed E-state index contributed by atoms with van der Waals surface area (Å²) in [7, 11) is 0. The molecule has 0 bridgehead atoms. The summed E-state index contributed by atoms with van der Waals surface area (Å²) in [6.07, 6.45) is 7.13. The minimum absolute atomic E-state index is 0.912. The first-order valence-corrected chi connectivity index (χ1v) is 7.67. The first-order chi connectivity index (χ1) is 8.24. The zero-order valence-corrected chi connectivity index (χ0v) is 11.8. The van der Waals surface area contributed by atoms with E-state index in [1.165, 1.54) is 64.8 Å². The van der Waals surface area contributed by atoms with Gasteiger partial charge >= 0.3 is 0 Å². The molecular formula is C15H30N2. The van der Waals surface area contributed by atoms with Crippen LogP contribution in [0.2, 0.25) is 0 Å². The molecule has 2 aliphatic rings. The first-order valence-electron chi connectivity index (χ1n) is 7.67. The van der Waals surface area contributed by atoms with Gasteiger partial charge in [-0.3, -0.25) is 0 Å². The Morgan fingerprint density at radius 1 is 1.18 bits per heavy atom. The molecule has 0 aliphatic carbocycles. The van der Waals surface area contributed by atoms with Crippen LogP contribution in [0.25, 0.3) is 0 Å². The van der Waals surface area contributed by atoms with Crippen molar-refractivity contribution in [3.8, 4) is 0 Å². The smallest absolute Gasteiger partial charge is 0.000724 e. The van der Waals surface area contributed by atoms with Gasteiger partial charge in [-0.15, -0.1) is 0 Å². The predicted molar refractivity (Wildman–Crippen MR) is 74.2 cm³/mol. The highest BCUT2D eigenvalue weighted by atomic mass is 15.1. The fourth-order valence-electron chi connectivity index (χ4n) is 3.75. The van der Waals surface area contributed by atoms with Crippen LogP contribution in [0.4, 0.5) is 0 Å². The van der Waals surface area contributed by atoms with Crippen molar-refractivity contribution in [2.45, 2.75) is 46.0 Å². The van der Waals surface area contributed by atoms with Crippen LogP contribution in [0.5, 0.6) is 0 Å². The maximum Gasteiger partial charge on any atom is 0.000724 e. The van der Waals surface area contributed by atoms with Crippen molar-refractivity contribution >= 4 is 0 Å². The highest BCUT2D eigenvalue weighted by Crippen LogP contribution is 2.22. The molecule has 0 radical (unpaired) electrons. The molecule has 100 valence electrons. The van der Waals surface area contributed by atoms with Crippen LogP contribution in [0.15, 0.2) is 0 Å². The van der Waals surface area contributed by atoms with Crippen LogP contribution in [0, 0.1) is 17.8 Å². The van der Waals surface area contributed by atoms with Crippen molar-refractivity contribution in [1.29, 1.82) is 0 Å². The quantitative estimate of drug-likeness (QED) is 0.810. The van der Waals surface area contributed by atoms with E-state index in [9.17, 15) is 0 Å². The van der Waals surface area contributed by atoms with E-state index in [2.05, 4.69) is 24.1 Å². The van der Waals surface area contributed by atoms with Crippen LogP contribution >= 0.6 is 0 Å². The van der Waals surface area contributed by atoms with Gasteiger partial charge in [0.2, 0.25) is 0 Å². The Balaban J connectivity index is 1.60. The molecule has 0 spiro atoms. The fraction of sp³-hybridized carbons (Fsp3) is 1.00. The van der Waals surface area contributed by atoms with E-state index in [0.717, 1.165) is 17.8 Å². The Kier molecular flexibility index (Phi) is 5.30. The monoisotopic (exact) mass is 238 g/mol. The summed E-state index contributed by atoms with van der Waals surface area (Å²) in [5.41, 5.74) is 0. The largest absolute Gasteiger partial charge is 0.316 e. The number of hydrogen-bond donors (Lipinski definition) is 1. The summed E-state index contributed by atoms with van der Waals surface area (Å²) in [5, 5.41) is 3.52. The second-order valence-corrected chi connectivity index (χ2v) is 6.56. The molecule has 0 aromatic rings. The molecule has 17 heavy (non-hydrogen) atoms. The lowest BCUT2D eigenvalue weighted by molar-refractivity contribution is 0.136. The second kappa shape index (κ2) is 6.75. The Hall–Kier alpha value is -0.0800. The number of nitrogens with one attached hydrogen (secondary N) is 1. The van der Waals surface area contributed by atoms with E-state index in [4.69, 9.17) is 0 Å². The third kappa shape index (κ3) is 4.59. The molecular weight excluding hydrogens is 208 g/mol. The topological polar surface area (TPSA) is 15.3 Å². The standard InChI is InChI=1S/C15H30N2/c1-13-9-14(2)12-17(11-13)8-4-6-15-5-3-7-16-10-15/h13-16H,3-12H2,1-2H3. The molecule has 2 nitrogen and oxygen atoms in total. The lowest BCUT2D eigenvalue weighted by atomic mass is 9.91. The summed E-state index contributed by atoms with van der Waals surface area (Å²) in [6, 6.07) is 0. The Bertz CT molecular complexity index is 201. The minimum atomic E-state index is 0.912. The number of rotatable bonds is 4. The van der Waals surface area contributed by atoms with Gasteiger partial charge in [0.1, 0.15) is 0 Å². The van der Waals surface area contributed by atoms with E-state index < -0.39 is 0 Å². The summed E-state index contributed by atoms with van der Waals surface area (Å²) >= 11 is 0. The van der Waals surface area contributed by atoms with Gasteiger partial charge in [0, 0.05) is 13.1 Å². The Morgan fingerprint density at radius 2 is 1.94 bits per heavy atom. The number of piperidine rings is 2. The Labute approximate surface area is 107 Å². The van der Waals surface area contributed by atoms with Gasteiger partial charge in [0.15, 0.2) is 0 Å². The van der Waals surface area contributed by atoms with E-state index >= 15 is 0 Å². The van der Waals surface area contributed by atoms with Crippen molar-refractivity contribution in [2.75, 3.05) is 32.7 Å². The maximum atomic E-state index is 3.52. The van der Waals surface area contributed by atoms with Crippen molar-refractivity contribution in [3.05, 3.63) is 0 Å². The SMILES string of the molecule is CC1CC(C)CN(CCCC2CCCNC2)C1. The summed E-state index contributed by atoms with van der Waals surface area (Å²) in [5.74, 6) is 2.79. The highest BCUT2D eigenvalue weighted by molar-refractivity contribution is 4.75. The van der Waals surface area contributed by atoms with E-state index in [1.807, 2.05) is 0 Å². The lowest BCUT2D eigenvalue weighted by Crippen LogP contribution is -2.39. The molecule has 2 fully saturated rings. The van der Waals surface area contributed by atoms with E-state index in [0.29, 0.717) is 0 Å². The molecule has 2 heterocycles. The van der Waals surface area contributed by atoms with Crippen molar-refractivity contribution < 1.29 is 0 Å².